The second kappa shape index (κ2) is 7.04. The molecule has 0 atom stereocenters. The quantitative estimate of drug-likeness (QED) is 0.826. The normalized spacial score (nSPS) is 15.0. The van der Waals surface area contributed by atoms with Crippen molar-refractivity contribution in [2.45, 2.75) is 24.3 Å². The molecule has 0 saturated carbocycles. The first-order valence-electron chi connectivity index (χ1n) is 7.60. The predicted octanol–water partition coefficient (Wildman–Crippen LogP) is 3.05. The maximum atomic E-state index is 12.3. The van der Waals surface area contributed by atoms with Crippen molar-refractivity contribution in [3.63, 3.8) is 0 Å². The van der Waals surface area contributed by atoms with Crippen LogP contribution in [0.5, 0.6) is 0 Å². The number of rotatable bonds is 5. The fraction of sp³-hybridized carbons (Fsp3) is 0.235. The third-order valence-corrected chi connectivity index (χ3v) is 5.86. The molecule has 2 aromatic carbocycles. The van der Waals surface area contributed by atoms with Gasteiger partial charge in [0, 0.05) is 29.7 Å². The van der Waals surface area contributed by atoms with E-state index in [0.29, 0.717) is 6.42 Å². The highest BCUT2D eigenvalue weighted by Crippen LogP contribution is 2.22. The van der Waals surface area contributed by atoms with Crippen LogP contribution in [0.4, 0.5) is 5.69 Å². The number of carbonyl (C=O) groups is 1. The number of nitrogens with zero attached hydrogens (tertiary/aromatic N) is 1. The van der Waals surface area contributed by atoms with E-state index < -0.39 is 10.0 Å². The zero-order chi connectivity index (χ0) is 17.2. The summed E-state index contributed by atoms with van der Waals surface area (Å²) in [5.41, 5.74) is 1.70. The van der Waals surface area contributed by atoms with E-state index in [1.165, 1.54) is 0 Å². The van der Waals surface area contributed by atoms with Gasteiger partial charge in [-0.25, -0.2) is 13.1 Å². The Morgan fingerprint density at radius 1 is 1.04 bits per heavy atom. The summed E-state index contributed by atoms with van der Waals surface area (Å²) in [6, 6.07) is 13.9. The number of hydrogen-bond acceptors (Lipinski definition) is 3. The SMILES string of the molecule is O=C1CCCN1c1ccc(CNS(=O)(=O)c2ccc(Br)cc2)cc1. The summed E-state index contributed by atoms with van der Waals surface area (Å²) in [6.07, 6.45) is 1.47. The van der Waals surface area contributed by atoms with Gasteiger partial charge in [0.25, 0.3) is 0 Å². The van der Waals surface area contributed by atoms with Gasteiger partial charge in [-0.3, -0.25) is 4.79 Å². The van der Waals surface area contributed by atoms with E-state index in [0.717, 1.165) is 28.7 Å². The summed E-state index contributed by atoms with van der Waals surface area (Å²) >= 11 is 3.28. The number of carbonyl (C=O) groups excluding carboxylic acids is 1. The summed E-state index contributed by atoms with van der Waals surface area (Å²) in [4.78, 5) is 13.7. The van der Waals surface area contributed by atoms with Gasteiger partial charge in [0.1, 0.15) is 0 Å². The van der Waals surface area contributed by atoms with Gasteiger partial charge in [-0.1, -0.05) is 28.1 Å². The second-order valence-electron chi connectivity index (χ2n) is 5.59. The molecular formula is C17H17BrN2O3S. The van der Waals surface area contributed by atoms with E-state index >= 15 is 0 Å². The topological polar surface area (TPSA) is 66.5 Å². The molecule has 0 bridgehead atoms. The largest absolute Gasteiger partial charge is 0.312 e. The van der Waals surface area contributed by atoms with Crippen LogP contribution in [0.25, 0.3) is 0 Å². The van der Waals surface area contributed by atoms with Crippen molar-refractivity contribution >= 4 is 37.5 Å². The summed E-state index contributed by atoms with van der Waals surface area (Å²) in [5.74, 6) is 0.138. The number of hydrogen-bond donors (Lipinski definition) is 1. The van der Waals surface area contributed by atoms with Gasteiger partial charge in [0.15, 0.2) is 0 Å². The molecule has 0 unspecified atom stereocenters. The van der Waals surface area contributed by atoms with Gasteiger partial charge in [-0.05, 0) is 48.4 Å². The maximum absolute atomic E-state index is 12.3. The van der Waals surface area contributed by atoms with Gasteiger partial charge < -0.3 is 4.90 Å². The number of nitrogens with one attached hydrogen (secondary N) is 1. The lowest BCUT2D eigenvalue weighted by Gasteiger charge is -2.16. The Morgan fingerprint density at radius 2 is 1.71 bits per heavy atom. The van der Waals surface area contributed by atoms with Crippen LogP contribution < -0.4 is 9.62 Å². The molecular weight excluding hydrogens is 392 g/mol. The van der Waals surface area contributed by atoms with Crippen LogP contribution in [0.1, 0.15) is 18.4 Å². The molecule has 5 nitrogen and oxygen atoms in total. The van der Waals surface area contributed by atoms with E-state index in [-0.39, 0.29) is 17.3 Å². The third kappa shape index (κ3) is 3.85. The van der Waals surface area contributed by atoms with E-state index in [9.17, 15) is 13.2 Å². The van der Waals surface area contributed by atoms with Crippen LogP contribution >= 0.6 is 15.9 Å². The summed E-state index contributed by atoms with van der Waals surface area (Å²) < 4.78 is 27.9. The standard InChI is InChI=1S/C17H17BrN2O3S/c18-14-5-9-16(10-6-14)24(22,23)19-12-13-3-7-15(8-4-13)20-11-1-2-17(20)21/h3-10,19H,1-2,11-12H2. The van der Waals surface area contributed by atoms with Crippen molar-refractivity contribution in [1.29, 1.82) is 0 Å². The molecule has 1 heterocycles. The van der Waals surface area contributed by atoms with Crippen LogP contribution in [0.15, 0.2) is 57.9 Å². The van der Waals surface area contributed by atoms with Gasteiger partial charge in [-0.15, -0.1) is 0 Å². The van der Waals surface area contributed by atoms with Crippen LogP contribution in [-0.2, 0) is 21.4 Å². The lowest BCUT2D eigenvalue weighted by molar-refractivity contribution is -0.117. The molecule has 126 valence electrons. The van der Waals surface area contributed by atoms with Crippen molar-refractivity contribution in [2.75, 3.05) is 11.4 Å². The Balaban J connectivity index is 1.66. The van der Waals surface area contributed by atoms with Crippen molar-refractivity contribution in [1.82, 2.24) is 4.72 Å². The van der Waals surface area contributed by atoms with Gasteiger partial charge in [0.05, 0.1) is 4.90 Å². The van der Waals surface area contributed by atoms with Crippen LogP contribution in [0.3, 0.4) is 0 Å². The van der Waals surface area contributed by atoms with Gasteiger partial charge in [0.2, 0.25) is 15.9 Å². The molecule has 0 aliphatic carbocycles. The Hall–Kier alpha value is -1.70. The van der Waals surface area contributed by atoms with Crippen molar-refractivity contribution in [3.8, 4) is 0 Å². The first-order valence-corrected chi connectivity index (χ1v) is 9.88. The summed E-state index contributed by atoms with van der Waals surface area (Å²) in [7, 11) is -3.55. The first kappa shape index (κ1) is 17.1. The lowest BCUT2D eigenvalue weighted by Crippen LogP contribution is -2.24. The van der Waals surface area contributed by atoms with E-state index in [4.69, 9.17) is 0 Å². The molecule has 1 N–H and O–H groups in total. The van der Waals surface area contributed by atoms with Crippen molar-refractivity contribution in [2.24, 2.45) is 0 Å². The minimum absolute atomic E-state index is 0.138. The smallest absolute Gasteiger partial charge is 0.240 e. The highest BCUT2D eigenvalue weighted by Gasteiger charge is 2.21. The van der Waals surface area contributed by atoms with Crippen molar-refractivity contribution in [3.05, 3.63) is 58.6 Å². The zero-order valence-corrected chi connectivity index (χ0v) is 15.3. The molecule has 0 radical (unpaired) electrons. The highest BCUT2D eigenvalue weighted by atomic mass is 79.9. The molecule has 1 fully saturated rings. The fourth-order valence-corrected chi connectivity index (χ4v) is 3.87. The van der Waals surface area contributed by atoms with Gasteiger partial charge in [-0.2, -0.15) is 0 Å². The van der Waals surface area contributed by atoms with Crippen LogP contribution in [0.2, 0.25) is 0 Å². The number of amides is 1. The summed E-state index contributed by atoms with van der Waals surface area (Å²) in [5, 5.41) is 0. The average molecular weight is 409 g/mol. The molecule has 3 rings (SSSR count). The molecule has 1 amide bonds. The maximum Gasteiger partial charge on any atom is 0.240 e. The third-order valence-electron chi connectivity index (χ3n) is 3.91. The van der Waals surface area contributed by atoms with Crippen LogP contribution in [-0.4, -0.2) is 20.9 Å². The molecule has 1 aliphatic heterocycles. The Labute approximate surface area is 149 Å². The molecule has 1 saturated heterocycles. The number of benzene rings is 2. The Morgan fingerprint density at radius 3 is 2.29 bits per heavy atom. The molecule has 1 aliphatic rings. The fourth-order valence-electron chi connectivity index (χ4n) is 2.59. The predicted molar refractivity (Wildman–Crippen MR) is 96.2 cm³/mol. The first-order chi connectivity index (χ1) is 11.5. The number of halogens is 1. The Kier molecular flexibility index (Phi) is 5.03. The molecule has 24 heavy (non-hydrogen) atoms. The van der Waals surface area contributed by atoms with Crippen LogP contribution in [0, 0.1) is 0 Å². The average Bonchev–Trinajstić information content (AvgIpc) is 3.00. The highest BCUT2D eigenvalue weighted by molar-refractivity contribution is 9.10. The molecule has 2 aromatic rings. The lowest BCUT2D eigenvalue weighted by atomic mass is 10.2. The second-order valence-corrected chi connectivity index (χ2v) is 8.28. The minimum Gasteiger partial charge on any atom is -0.312 e. The molecule has 0 spiro atoms. The zero-order valence-electron chi connectivity index (χ0n) is 12.9. The molecule has 7 heteroatoms. The van der Waals surface area contributed by atoms with Crippen molar-refractivity contribution < 1.29 is 13.2 Å². The van der Waals surface area contributed by atoms with E-state index in [1.807, 2.05) is 24.3 Å². The van der Waals surface area contributed by atoms with Gasteiger partial charge >= 0.3 is 0 Å². The van der Waals surface area contributed by atoms with E-state index in [1.54, 1.807) is 29.2 Å². The monoisotopic (exact) mass is 408 g/mol. The summed E-state index contributed by atoms with van der Waals surface area (Å²) in [6.45, 7) is 0.945. The number of sulfonamides is 1. The minimum atomic E-state index is -3.55. The van der Waals surface area contributed by atoms with E-state index in [2.05, 4.69) is 20.7 Å². The molecule has 0 aromatic heterocycles. The Bertz CT molecular complexity index is 833. The number of anilines is 1.